The summed E-state index contributed by atoms with van der Waals surface area (Å²) in [5.41, 5.74) is -1.34. The molecule has 0 radical (unpaired) electrons. The lowest BCUT2D eigenvalue weighted by atomic mass is 10.0. The van der Waals surface area contributed by atoms with Gasteiger partial charge in [0.2, 0.25) is 0 Å². The number of carbonyl (C=O) groups excluding carboxylic acids is 1. The Morgan fingerprint density at radius 2 is 2.06 bits per heavy atom. The zero-order valence-electron chi connectivity index (χ0n) is 8.57. The molecule has 1 amide bonds. The van der Waals surface area contributed by atoms with Crippen molar-refractivity contribution in [1.82, 2.24) is 4.90 Å². The highest BCUT2D eigenvalue weighted by atomic mass is 19.3. The minimum atomic E-state index is -2.86. The van der Waals surface area contributed by atoms with Gasteiger partial charge in [-0.3, -0.25) is 4.90 Å². The lowest BCUT2D eigenvalue weighted by molar-refractivity contribution is -0.145. The number of ether oxygens (including phenoxy) is 1. The maximum atomic E-state index is 13.1. The first kappa shape index (κ1) is 11.1. The summed E-state index contributed by atoms with van der Waals surface area (Å²) in [7, 11) is 1.11. The van der Waals surface area contributed by atoms with Crippen LogP contribution in [0.1, 0.15) is 12.8 Å². The second kappa shape index (κ2) is 3.05. The number of hydrogen-bond acceptors (Lipinski definition) is 3. The van der Waals surface area contributed by atoms with Crippen molar-refractivity contribution in [2.75, 3.05) is 13.7 Å². The van der Waals surface area contributed by atoms with Crippen LogP contribution in [0.15, 0.2) is 0 Å². The van der Waals surface area contributed by atoms with Crippen LogP contribution in [0.4, 0.5) is 13.6 Å². The van der Waals surface area contributed by atoms with Crippen molar-refractivity contribution in [2.45, 2.75) is 24.8 Å². The molecule has 2 rings (SSSR count). The van der Waals surface area contributed by atoms with E-state index in [0.717, 1.165) is 12.0 Å². The summed E-state index contributed by atoms with van der Waals surface area (Å²) in [6, 6.07) is -1.10. The third-order valence-electron chi connectivity index (χ3n) is 3.36. The molecule has 2 aliphatic rings. The zero-order valence-corrected chi connectivity index (χ0v) is 8.57. The first-order chi connectivity index (χ1) is 7.33. The Labute approximate surface area is 90.0 Å². The lowest BCUT2D eigenvalue weighted by Crippen LogP contribution is -2.40. The number of methoxy groups -OCH3 is 1. The maximum Gasteiger partial charge on any atom is 0.408 e. The molecule has 0 unspecified atom stereocenters. The van der Waals surface area contributed by atoms with Crippen molar-refractivity contribution in [2.24, 2.45) is 5.41 Å². The summed E-state index contributed by atoms with van der Waals surface area (Å²) in [4.78, 5) is 22.9. The maximum absolute atomic E-state index is 13.1. The molecule has 7 heteroatoms. The standard InChI is InChI=1S/C9H11F2NO4/c1-16-6(13)5-2-8(3-9(8,10)11)4-12(5)7(14)15/h5H,2-4H2,1H3,(H,14,15)/t5-,8-/m0/s1. The fourth-order valence-corrected chi connectivity index (χ4v) is 2.30. The van der Waals surface area contributed by atoms with Gasteiger partial charge >= 0.3 is 12.1 Å². The fourth-order valence-electron chi connectivity index (χ4n) is 2.30. The van der Waals surface area contributed by atoms with Crippen molar-refractivity contribution in [3.63, 3.8) is 0 Å². The van der Waals surface area contributed by atoms with Crippen LogP contribution in [0.2, 0.25) is 0 Å². The summed E-state index contributed by atoms with van der Waals surface area (Å²) in [5.74, 6) is -3.63. The van der Waals surface area contributed by atoms with Gasteiger partial charge in [0.15, 0.2) is 0 Å². The molecule has 2 fully saturated rings. The van der Waals surface area contributed by atoms with Crippen molar-refractivity contribution in [1.29, 1.82) is 0 Å². The molecule has 1 spiro atoms. The first-order valence-corrected chi connectivity index (χ1v) is 4.78. The van der Waals surface area contributed by atoms with Crippen LogP contribution < -0.4 is 0 Å². The van der Waals surface area contributed by atoms with Crippen LogP contribution in [0.25, 0.3) is 0 Å². The van der Waals surface area contributed by atoms with Crippen LogP contribution in [0.3, 0.4) is 0 Å². The molecule has 1 aliphatic heterocycles. The van der Waals surface area contributed by atoms with Gasteiger partial charge < -0.3 is 9.84 Å². The van der Waals surface area contributed by atoms with E-state index in [2.05, 4.69) is 4.74 Å². The number of amides is 1. The highest BCUT2D eigenvalue weighted by molar-refractivity contribution is 5.82. The zero-order chi connectivity index (χ0) is 12.1. The Morgan fingerprint density at radius 1 is 1.50 bits per heavy atom. The molecule has 0 aromatic carbocycles. The number of alkyl halides is 2. The number of hydrogen-bond donors (Lipinski definition) is 1. The molecule has 1 heterocycles. The minimum Gasteiger partial charge on any atom is -0.467 e. The third kappa shape index (κ3) is 1.34. The molecule has 5 nitrogen and oxygen atoms in total. The molecular weight excluding hydrogens is 224 g/mol. The Morgan fingerprint density at radius 3 is 2.44 bits per heavy atom. The number of carboxylic acid groups (broad SMARTS) is 1. The van der Waals surface area contributed by atoms with Gasteiger partial charge in [-0.1, -0.05) is 0 Å². The van der Waals surface area contributed by atoms with Crippen LogP contribution in [0, 0.1) is 5.41 Å². The molecule has 0 aromatic heterocycles. The largest absolute Gasteiger partial charge is 0.467 e. The normalized spacial score (nSPS) is 35.2. The van der Waals surface area contributed by atoms with Gasteiger partial charge in [0.05, 0.1) is 12.5 Å². The molecule has 2 atom stereocenters. The van der Waals surface area contributed by atoms with Crippen LogP contribution in [-0.2, 0) is 9.53 Å². The van der Waals surface area contributed by atoms with Gasteiger partial charge in [0.25, 0.3) is 5.92 Å². The van der Waals surface area contributed by atoms with E-state index in [4.69, 9.17) is 5.11 Å². The van der Waals surface area contributed by atoms with Crippen molar-refractivity contribution < 1.29 is 28.2 Å². The second-order valence-corrected chi connectivity index (χ2v) is 4.32. The number of nitrogens with zero attached hydrogens (tertiary/aromatic N) is 1. The van der Waals surface area contributed by atoms with E-state index >= 15 is 0 Å². The highest BCUT2D eigenvalue weighted by Gasteiger charge is 2.75. The SMILES string of the molecule is COC(=O)[C@@H]1C[C@@]2(CN1C(=O)O)CC2(F)F. The Hall–Kier alpha value is -1.40. The summed E-state index contributed by atoms with van der Waals surface area (Å²) in [6.45, 7) is -0.297. The quantitative estimate of drug-likeness (QED) is 0.687. The first-order valence-electron chi connectivity index (χ1n) is 4.78. The van der Waals surface area contributed by atoms with Gasteiger partial charge in [-0.15, -0.1) is 0 Å². The van der Waals surface area contributed by atoms with Gasteiger partial charge in [-0.05, 0) is 6.42 Å². The Bertz CT molecular complexity index is 359. The number of likely N-dealkylation sites (tertiary alicyclic amines) is 1. The van der Waals surface area contributed by atoms with Gasteiger partial charge in [-0.25, -0.2) is 18.4 Å². The summed E-state index contributed by atoms with van der Waals surface area (Å²) >= 11 is 0. The van der Waals surface area contributed by atoms with E-state index in [9.17, 15) is 18.4 Å². The number of halogens is 2. The van der Waals surface area contributed by atoms with Gasteiger partial charge in [0.1, 0.15) is 6.04 Å². The van der Waals surface area contributed by atoms with E-state index in [-0.39, 0.29) is 19.4 Å². The Balaban J connectivity index is 2.20. The van der Waals surface area contributed by atoms with Crippen molar-refractivity contribution in [3.8, 4) is 0 Å². The highest BCUT2D eigenvalue weighted by Crippen LogP contribution is 2.66. The summed E-state index contributed by atoms with van der Waals surface area (Å²) in [5, 5.41) is 8.83. The summed E-state index contributed by atoms with van der Waals surface area (Å²) < 4.78 is 30.6. The fraction of sp³-hybridized carbons (Fsp3) is 0.778. The molecule has 1 aliphatic carbocycles. The topological polar surface area (TPSA) is 66.8 Å². The molecule has 1 saturated heterocycles. The van der Waals surface area contributed by atoms with Gasteiger partial charge in [-0.2, -0.15) is 0 Å². The van der Waals surface area contributed by atoms with E-state index in [1.807, 2.05) is 0 Å². The lowest BCUT2D eigenvalue weighted by Gasteiger charge is -2.18. The molecule has 0 bridgehead atoms. The van der Waals surface area contributed by atoms with Crippen molar-refractivity contribution in [3.05, 3.63) is 0 Å². The van der Waals surface area contributed by atoms with E-state index < -0.39 is 29.4 Å². The summed E-state index contributed by atoms with van der Waals surface area (Å²) in [6.07, 6.45) is -1.87. The molecular formula is C9H11F2NO4. The van der Waals surface area contributed by atoms with Crippen LogP contribution >= 0.6 is 0 Å². The number of rotatable bonds is 1. The predicted molar refractivity (Wildman–Crippen MR) is 47.1 cm³/mol. The average Bonchev–Trinajstić information content (AvgIpc) is 2.59. The second-order valence-electron chi connectivity index (χ2n) is 4.32. The predicted octanol–water partition coefficient (Wildman–Crippen LogP) is 0.937. The monoisotopic (exact) mass is 235 g/mol. The van der Waals surface area contributed by atoms with E-state index in [1.54, 1.807) is 0 Å². The Kier molecular flexibility index (Phi) is 2.12. The smallest absolute Gasteiger partial charge is 0.408 e. The average molecular weight is 235 g/mol. The number of carbonyl (C=O) groups is 2. The molecule has 1 N–H and O–H groups in total. The molecule has 16 heavy (non-hydrogen) atoms. The van der Waals surface area contributed by atoms with Gasteiger partial charge in [0, 0.05) is 13.0 Å². The van der Waals surface area contributed by atoms with Crippen LogP contribution in [-0.4, -0.2) is 47.7 Å². The number of esters is 1. The van der Waals surface area contributed by atoms with E-state index in [1.165, 1.54) is 0 Å². The minimum absolute atomic E-state index is 0.154. The molecule has 1 saturated carbocycles. The third-order valence-corrected chi connectivity index (χ3v) is 3.36. The molecule has 90 valence electrons. The van der Waals surface area contributed by atoms with Crippen LogP contribution in [0.5, 0.6) is 0 Å². The van der Waals surface area contributed by atoms with E-state index in [0.29, 0.717) is 0 Å². The van der Waals surface area contributed by atoms with Crippen molar-refractivity contribution >= 4 is 12.1 Å². The molecule has 0 aromatic rings.